The van der Waals surface area contributed by atoms with Gasteiger partial charge in [-0.15, -0.1) is 11.3 Å². The molecule has 38 heavy (non-hydrogen) atoms. The number of amides is 1. The molecule has 2 fully saturated rings. The average Bonchev–Trinajstić information content (AvgIpc) is 3.65. The van der Waals surface area contributed by atoms with E-state index in [-0.39, 0.29) is 18.4 Å². The quantitative estimate of drug-likeness (QED) is 0.453. The lowest BCUT2D eigenvalue weighted by molar-refractivity contribution is -0.142. The fraction of sp³-hybridized carbons (Fsp3) is 0.379. The van der Waals surface area contributed by atoms with Gasteiger partial charge >= 0.3 is 5.97 Å². The zero-order valence-electron chi connectivity index (χ0n) is 21.4. The van der Waals surface area contributed by atoms with Gasteiger partial charge in [0.05, 0.1) is 23.2 Å². The maximum absolute atomic E-state index is 12.8. The van der Waals surface area contributed by atoms with E-state index in [9.17, 15) is 20.0 Å². The van der Waals surface area contributed by atoms with Crippen molar-refractivity contribution in [2.45, 2.75) is 39.2 Å². The molecule has 3 heterocycles. The van der Waals surface area contributed by atoms with Gasteiger partial charge in [0, 0.05) is 48.2 Å². The first kappa shape index (κ1) is 25.7. The van der Waals surface area contributed by atoms with Crippen LogP contribution in [0.25, 0.3) is 11.3 Å². The Morgan fingerprint density at radius 3 is 2.61 bits per heavy atom. The number of carbonyl (C=O) groups excluding carboxylic acids is 1. The lowest BCUT2D eigenvalue weighted by atomic mass is 9.97. The van der Waals surface area contributed by atoms with Crippen molar-refractivity contribution in [2.24, 2.45) is 5.92 Å². The molecule has 0 aliphatic carbocycles. The van der Waals surface area contributed by atoms with Crippen LogP contribution in [0.1, 0.15) is 52.7 Å². The van der Waals surface area contributed by atoms with E-state index >= 15 is 0 Å². The summed E-state index contributed by atoms with van der Waals surface area (Å²) in [6, 6.07) is 13.4. The number of carbonyl (C=O) groups is 2. The van der Waals surface area contributed by atoms with E-state index in [1.165, 1.54) is 0 Å². The Labute approximate surface area is 226 Å². The van der Waals surface area contributed by atoms with E-state index in [0.29, 0.717) is 42.8 Å². The number of aryl methyl sites for hydroxylation is 1. The van der Waals surface area contributed by atoms with Crippen molar-refractivity contribution in [3.63, 3.8) is 0 Å². The second-order valence-corrected chi connectivity index (χ2v) is 10.7. The molecule has 1 aromatic heterocycles. The Morgan fingerprint density at radius 2 is 1.89 bits per heavy atom. The van der Waals surface area contributed by atoms with Crippen LogP contribution in [0.2, 0.25) is 0 Å². The van der Waals surface area contributed by atoms with Gasteiger partial charge in [-0.25, -0.2) is 4.98 Å². The maximum Gasteiger partial charge on any atom is 0.306 e. The fourth-order valence-corrected chi connectivity index (χ4v) is 5.90. The maximum atomic E-state index is 12.8. The highest BCUT2D eigenvalue weighted by atomic mass is 32.1. The molecule has 2 saturated heterocycles. The number of nitriles is 1. The number of carboxylic acid groups (broad SMARTS) is 1. The van der Waals surface area contributed by atoms with Crippen LogP contribution in [0.4, 0.5) is 5.13 Å². The zero-order valence-corrected chi connectivity index (χ0v) is 22.2. The first-order valence-corrected chi connectivity index (χ1v) is 13.8. The second-order valence-electron chi connectivity index (χ2n) is 9.89. The van der Waals surface area contributed by atoms with Crippen LogP contribution >= 0.6 is 11.3 Å². The number of nitrogens with zero attached hydrogens (tertiary/aromatic N) is 4. The fourth-order valence-electron chi connectivity index (χ4n) is 5.02. The number of aliphatic carboxylic acids is 1. The Kier molecular flexibility index (Phi) is 7.61. The molecule has 1 N–H and O–H groups in total. The summed E-state index contributed by atoms with van der Waals surface area (Å²) in [7, 11) is 0. The summed E-state index contributed by atoms with van der Waals surface area (Å²) in [6.07, 6.45) is 3.27. The van der Waals surface area contributed by atoms with E-state index in [1.54, 1.807) is 29.5 Å². The molecule has 3 aromatic rings. The van der Waals surface area contributed by atoms with Gasteiger partial charge in [-0.05, 0) is 56.9 Å². The molecule has 0 spiro atoms. The number of thiazole rings is 1. The standard InChI is InChI=1S/C29H30N4O4S/c1-19-4-7-26(24(14-19)25-18-38-29(31-25)33-12-8-20(9-13-33)28(35)36)37-17-22-6-5-21(15-23(22)16-30)27(34)32-10-2-3-11-32/h4-7,14-15,18,20H,2-3,8-13,17H2,1H3,(H,35,36). The third kappa shape index (κ3) is 5.50. The summed E-state index contributed by atoms with van der Waals surface area (Å²) in [4.78, 5) is 32.9. The molecule has 2 aliphatic rings. The normalized spacial score (nSPS) is 15.9. The molecule has 196 valence electrons. The smallest absolute Gasteiger partial charge is 0.306 e. The molecule has 9 heteroatoms. The Morgan fingerprint density at radius 1 is 1.13 bits per heavy atom. The van der Waals surface area contributed by atoms with Crippen LogP contribution in [0.15, 0.2) is 41.8 Å². The van der Waals surface area contributed by atoms with Crippen LogP contribution in [-0.2, 0) is 11.4 Å². The first-order chi connectivity index (χ1) is 18.4. The SMILES string of the molecule is Cc1ccc(OCc2ccc(C(=O)N3CCCC3)cc2C#N)c(-c2csc(N3CCC(C(=O)O)CC3)n2)c1. The number of carboxylic acids is 1. The summed E-state index contributed by atoms with van der Waals surface area (Å²) < 4.78 is 6.21. The predicted molar refractivity (Wildman–Crippen MR) is 145 cm³/mol. The predicted octanol–water partition coefficient (Wildman–Crippen LogP) is 5.11. The molecule has 2 aromatic carbocycles. The van der Waals surface area contributed by atoms with Gasteiger partial charge < -0.3 is 19.6 Å². The Bertz CT molecular complexity index is 1380. The molecular weight excluding hydrogens is 500 g/mol. The number of piperidine rings is 1. The monoisotopic (exact) mass is 530 g/mol. The number of hydrogen-bond acceptors (Lipinski definition) is 7. The largest absolute Gasteiger partial charge is 0.488 e. The molecule has 0 bridgehead atoms. The Hall–Kier alpha value is -3.90. The van der Waals surface area contributed by atoms with Crippen LogP contribution in [-0.4, -0.2) is 53.0 Å². The minimum atomic E-state index is -0.724. The number of anilines is 1. The highest BCUT2D eigenvalue weighted by Crippen LogP contribution is 2.36. The Balaban J connectivity index is 1.31. The van der Waals surface area contributed by atoms with E-state index in [4.69, 9.17) is 9.72 Å². The molecular formula is C29H30N4O4S. The number of rotatable bonds is 7. The lowest BCUT2D eigenvalue weighted by Gasteiger charge is -2.29. The van der Waals surface area contributed by atoms with Crippen molar-refractivity contribution in [3.05, 3.63) is 64.0 Å². The van der Waals surface area contributed by atoms with Gasteiger partial charge in [0.1, 0.15) is 12.4 Å². The van der Waals surface area contributed by atoms with Crippen LogP contribution < -0.4 is 9.64 Å². The first-order valence-electron chi connectivity index (χ1n) is 12.9. The van der Waals surface area contributed by atoms with E-state index in [0.717, 1.165) is 53.4 Å². The number of aromatic nitrogens is 1. The molecule has 8 nitrogen and oxygen atoms in total. The third-order valence-electron chi connectivity index (χ3n) is 7.27. The molecule has 5 rings (SSSR count). The van der Waals surface area contributed by atoms with Gasteiger partial charge in [-0.3, -0.25) is 9.59 Å². The number of ether oxygens (including phenoxy) is 1. The summed E-state index contributed by atoms with van der Waals surface area (Å²) in [5.74, 6) is -0.372. The summed E-state index contributed by atoms with van der Waals surface area (Å²) in [5, 5.41) is 21.9. The summed E-state index contributed by atoms with van der Waals surface area (Å²) >= 11 is 1.54. The van der Waals surface area contributed by atoms with Gasteiger partial charge in [-0.2, -0.15) is 5.26 Å². The van der Waals surface area contributed by atoms with E-state index < -0.39 is 5.97 Å². The molecule has 0 saturated carbocycles. The highest BCUT2D eigenvalue weighted by molar-refractivity contribution is 7.14. The van der Waals surface area contributed by atoms with Crippen molar-refractivity contribution < 1.29 is 19.4 Å². The minimum Gasteiger partial charge on any atom is -0.488 e. The molecule has 0 unspecified atom stereocenters. The van der Waals surface area contributed by atoms with Crippen molar-refractivity contribution in [1.82, 2.24) is 9.88 Å². The van der Waals surface area contributed by atoms with E-state index in [1.807, 2.05) is 35.4 Å². The van der Waals surface area contributed by atoms with Gasteiger partial charge in [0.15, 0.2) is 5.13 Å². The lowest BCUT2D eigenvalue weighted by Crippen LogP contribution is -2.36. The molecule has 0 radical (unpaired) electrons. The van der Waals surface area contributed by atoms with Gasteiger partial charge in [0.25, 0.3) is 5.91 Å². The minimum absolute atomic E-state index is 0.0289. The zero-order chi connectivity index (χ0) is 26.6. The number of benzene rings is 2. The number of likely N-dealkylation sites (tertiary alicyclic amines) is 1. The third-order valence-corrected chi connectivity index (χ3v) is 8.17. The van der Waals surface area contributed by atoms with Crippen molar-refractivity contribution >= 4 is 28.3 Å². The van der Waals surface area contributed by atoms with Crippen LogP contribution in [0.5, 0.6) is 5.75 Å². The van der Waals surface area contributed by atoms with Crippen molar-refractivity contribution in [3.8, 4) is 23.1 Å². The van der Waals surface area contributed by atoms with Gasteiger partial charge in [0.2, 0.25) is 0 Å². The van der Waals surface area contributed by atoms with Crippen LogP contribution in [0, 0.1) is 24.2 Å². The summed E-state index contributed by atoms with van der Waals surface area (Å²) in [6.45, 7) is 5.09. The molecule has 1 amide bonds. The average molecular weight is 531 g/mol. The van der Waals surface area contributed by atoms with Crippen LogP contribution in [0.3, 0.4) is 0 Å². The molecule has 0 atom stereocenters. The topological polar surface area (TPSA) is 107 Å². The summed E-state index contributed by atoms with van der Waals surface area (Å²) in [5.41, 5.74) is 4.43. The second kappa shape index (κ2) is 11.2. The van der Waals surface area contributed by atoms with E-state index in [2.05, 4.69) is 11.0 Å². The van der Waals surface area contributed by atoms with Crippen molar-refractivity contribution in [1.29, 1.82) is 5.26 Å². The highest BCUT2D eigenvalue weighted by Gasteiger charge is 2.26. The molecule has 2 aliphatic heterocycles. The van der Waals surface area contributed by atoms with Gasteiger partial charge in [-0.1, -0.05) is 17.7 Å². The number of hydrogen-bond donors (Lipinski definition) is 1. The van der Waals surface area contributed by atoms with Crippen molar-refractivity contribution in [2.75, 3.05) is 31.1 Å².